The number of rotatable bonds is 6. The minimum Gasteiger partial charge on any atom is -0.453 e. The molecule has 0 atom stereocenters. The third kappa shape index (κ3) is 4.81. The number of fused-ring (bicyclic) bond motifs is 1. The number of anilines is 1. The van der Waals surface area contributed by atoms with Gasteiger partial charge in [-0.1, -0.05) is 18.2 Å². The highest BCUT2D eigenvalue weighted by atomic mass is 19.1. The predicted molar refractivity (Wildman–Crippen MR) is 127 cm³/mol. The Hall–Kier alpha value is -4.85. The van der Waals surface area contributed by atoms with E-state index >= 15 is 0 Å². The summed E-state index contributed by atoms with van der Waals surface area (Å²) in [4.78, 5) is 24.9. The molecule has 5 rings (SSSR count). The molecule has 0 saturated heterocycles. The van der Waals surface area contributed by atoms with Gasteiger partial charge in [-0.2, -0.15) is 0 Å². The van der Waals surface area contributed by atoms with E-state index < -0.39 is 5.82 Å². The van der Waals surface area contributed by atoms with Gasteiger partial charge in [0.25, 0.3) is 0 Å². The first-order valence-electron chi connectivity index (χ1n) is 10.4. The van der Waals surface area contributed by atoms with E-state index in [2.05, 4.69) is 20.3 Å². The van der Waals surface area contributed by atoms with Crippen LogP contribution in [0.3, 0.4) is 0 Å². The van der Waals surface area contributed by atoms with E-state index in [1.807, 2.05) is 35.0 Å². The minimum absolute atomic E-state index is 0.0797. The minimum atomic E-state index is -0.538. The fraction of sp³-hybridized carbons (Fsp3) is 0. The second-order valence-electron chi connectivity index (χ2n) is 7.33. The Bertz CT molecular complexity index is 1450. The average Bonchev–Trinajstić information content (AvgIpc) is 3.30. The largest absolute Gasteiger partial charge is 0.453 e. The number of amides is 1. The fourth-order valence-corrected chi connectivity index (χ4v) is 3.29. The van der Waals surface area contributed by atoms with Gasteiger partial charge in [0.2, 0.25) is 11.7 Å². The number of carbonyl (C=O) groups excluding carboxylic acids is 1. The van der Waals surface area contributed by atoms with Crippen molar-refractivity contribution in [1.29, 1.82) is 0 Å². The molecule has 34 heavy (non-hydrogen) atoms. The Balaban J connectivity index is 1.21. The maximum absolute atomic E-state index is 14.4. The second-order valence-corrected chi connectivity index (χ2v) is 7.33. The standard InChI is InChI=1S/C26H18FN5O2/c27-22-15-18(4-10-24(22)34-21-3-1-12-28-16-21)5-11-25(33)30-20-8-6-19(7-9-20)23-17-32-14-2-13-29-26(32)31-23/h1-17H,(H,30,33)/b11-5+. The normalized spacial score (nSPS) is 11.1. The number of hydrogen-bond donors (Lipinski definition) is 1. The van der Waals surface area contributed by atoms with Gasteiger partial charge in [0.1, 0.15) is 5.75 Å². The molecule has 3 heterocycles. The van der Waals surface area contributed by atoms with Gasteiger partial charge in [-0.15, -0.1) is 0 Å². The zero-order chi connectivity index (χ0) is 23.3. The number of ether oxygens (including phenoxy) is 1. The summed E-state index contributed by atoms with van der Waals surface area (Å²) in [6.45, 7) is 0. The molecule has 0 bridgehead atoms. The molecule has 0 aliphatic heterocycles. The number of hydrogen-bond acceptors (Lipinski definition) is 5. The summed E-state index contributed by atoms with van der Waals surface area (Å²) < 4.78 is 21.7. The molecule has 166 valence electrons. The lowest BCUT2D eigenvalue weighted by molar-refractivity contribution is -0.111. The van der Waals surface area contributed by atoms with E-state index in [4.69, 9.17) is 4.74 Å². The van der Waals surface area contributed by atoms with Crippen molar-refractivity contribution >= 4 is 23.4 Å². The van der Waals surface area contributed by atoms with E-state index in [9.17, 15) is 9.18 Å². The number of carbonyl (C=O) groups is 1. The molecule has 0 aliphatic rings. The predicted octanol–water partition coefficient (Wildman–Crippen LogP) is 5.37. The third-order valence-corrected chi connectivity index (χ3v) is 4.93. The SMILES string of the molecule is O=C(/C=C/c1ccc(Oc2cccnc2)c(F)c1)Nc1ccc(-c2cn3cccnc3n2)cc1. The molecule has 8 heteroatoms. The van der Waals surface area contributed by atoms with Crippen LogP contribution in [0.1, 0.15) is 5.56 Å². The Morgan fingerprint density at radius 3 is 2.71 bits per heavy atom. The van der Waals surface area contributed by atoms with Gasteiger partial charge in [0.05, 0.1) is 11.9 Å². The lowest BCUT2D eigenvalue weighted by Gasteiger charge is -2.06. The van der Waals surface area contributed by atoms with Crippen molar-refractivity contribution in [3.8, 4) is 22.8 Å². The van der Waals surface area contributed by atoms with E-state index in [1.165, 1.54) is 30.5 Å². The lowest BCUT2D eigenvalue weighted by Crippen LogP contribution is -2.07. The van der Waals surface area contributed by atoms with Crippen molar-refractivity contribution in [1.82, 2.24) is 19.4 Å². The monoisotopic (exact) mass is 451 g/mol. The van der Waals surface area contributed by atoms with Gasteiger partial charge in [-0.25, -0.2) is 14.4 Å². The first kappa shape index (κ1) is 21.0. The van der Waals surface area contributed by atoms with Gasteiger partial charge in [0, 0.05) is 42.1 Å². The quantitative estimate of drug-likeness (QED) is 0.351. The topological polar surface area (TPSA) is 81.4 Å². The third-order valence-electron chi connectivity index (χ3n) is 4.93. The van der Waals surface area contributed by atoms with Crippen LogP contribution in [-0.4, -0.2) is 25.3 Å². The van der Waals surface area contributed by atoms with E-state index in [1.54, 1.807) is 42.7 Å². The van der Waals surface area contributed by atoms with Crippen LogP contribution < -0.4 is 10.1 Å². The highest BCUT2D eigenvalue weighted by Crippen LogP contribution is 2.25. The zero-order valence-corrected chi connectivity index (χ0v) is 17.8. The molecule has 1 amide bonds. The number of halogens is 1. The Morgan fingerprint density at radius 2 is 1.94 bits per heavy atom. The van der Waals surface area contributed by atoms with E-state index in [-0.39, 0.29) is 11.7 Å². The molecular formula is C26H18FN5O2. The molecule has 1 N–H and O–H groups in total. The fourth-order valence-electron chi connectivity index (χ4n) is 3.29. The smallest absolute Gasteiger partial charge is 0.248 e. The van der Waals surface area contributed by atoms with Crippen molar-refractivity contribution < 1.29 is 13.9 Å². The van der Waals surface area contributed by atoms with E-state index in [0.29, 0.717) is 22.8 Å². The molecule has 5 aromatic rings. The summed E-state index contributed by atoms with van der Waals surface area (Å²) in [5.74, 6) is 0.266. The van der Waals surface area contributed by atoms with Crippen molar-refractivity contribution in [2.24, 2.45) is 0 Å². The van der Waals surface area contributed by atoms with Gasteiger partial charge >= 0.3 is 0 Å². The maximum atomic E-state index is 14.4. The van der Waals surface area contributed by atoms with Gasteiger partial charge in [0.15, 0.2) is 11.6 Å². The second kappa shape index (κ2) is 9.33. The highest BCUT2D eigenvalue weighted by Gasteiger charge is 2.07. The first-order chi connectivity index (χ1) is 16.6. The number of imidazole rings is 1. The van der Waals surface area contributed by atoms with Crippen LogP contribution >= 0.6 is 0 Å². The van der Waals surface area contributed by atoms with Crippen LogP contribution in [0.4, 0.5) is 10.1 Å². The van der Waals surface area contributed by atoms with Crippen LogP contribution in [0.5, 0.6) is 11.5 Å². The molecule has 0 saturated carbocycles. The number of pyridine rings is 1. The first-order valence-corrected chi connectivity index (χ1v) is 10.4. The molecule has 3 aromatic heterocycles. The molecule has 0 spiro atoms. The van der Waals surface area contributed by atoms with Gasteiger partial charge < -0.3 is 10.1 Å². The van der Waals surface area contributed by atoms with E-state index in [0.717, 1.165) is 11.3 Å². The van der Waals surface area contributed by atoms with Crippen LogP contribution in [0.15, 0.2) is 97.7 Å². The summed E-state index contributed by atoms with van der Waals surface area (Å²) >= 11 is 0. The number of nitrogens with one attached hydrogen (secondary N) is 1. The van der Waals surface area contributed by atoms with Crippen LogP contribution in [0.25, 0.3) is 23.1 Å². The molecule has 0 unspecified atom stereocenters. The molecule has 0 aliphatic carbocycles. The Labute approximate surface area is 194 Å². The summed E-state index contributed by atoms with van der Waals surface area (Å²) in [7, 11) is 0. The lowest BCUT2D eigenvalue weighted by atomic mass is 10.1. The van der Waals surface area contributed by atoms with Gasteiger partial charge in [-0.3, -0.25) is 14.2 Å². The number of benzene rings is 2. The van der Waals surface area contributed by atoms with Crippen LogP contribution in [0.2, 0.25) is 0 Å². The Morgan fingerprint density at radius 1 is 1.06 bits per heavy atom. The molecule has 2 aromatic carbocycles. The number of aromatic nitrogens is 4. The summed E-state index contributed by atoms with van der Waals surface area (Å²) in [5.41, 5.74) is 2.85. The van der Waals surface area contributed by atoms with Crippen LogP contribution in [-0.2, 0) is 4.79 Å². The molecular weight excluding hydrogens is 433 g/mol. The Kier molecular flexibility index (Phi) is 5.77. The molecule has 7 nitrogen and oxygen atoms in total. The summed E-state index contributed by atoms with van der Waals surface area (Å²) in [6.07, 6.45) is 11.5. The maximum Gasteiger partial charge on any atom is 0.248 e. The number of nitrogens with zero attached hydrogens (tertiary/aromatic N) is 4. The zero-order valence-electron chi connectivity index (χ0n) is 17.8. The van der Waals surface area contributed by atoms with Crippen molar-refractivity contribution in [2.75, 3.05) is 5.32 Å². The highest BCUT2D eigenvalue weighted by molar-refractivity contribution is 6.02. The van der Waals surface area contributed by atoms with Crippen molar-refractivity contribution in [3.63, 3.8) is 0 Å². The van der Waals surface area contributed by atoms with Gasteiger partial charge in [-0.05, 0) is 54.1 Å². The average molecular weight is 451 g/mol. The van der Waals surface area contributed by atoms with Crippen LogP contribution in [0, 0.1) is 5.82 Å². The van der Waals surface area contributed by atoms with Crippen molar-refractivity contribution in [3.05, 3.63) is 109 Å². The molecule has 0 fully saturated rings. The molecule has 0 radical (unpaired) electrons. The summed E-state index contributed by atoms with van der Waals surface area (Å²) in [5, 5.41) is 2.79. The van der Waals surface area contributed by atoms with Crippen molar-refractivity contribution in [2.45, 2.75) is 0 Å². The summed E-state index contributed by atoms with van der Waals surface area (Å²) in [6, 6.07) is 17.0.